The first-order valence-corrected chi connectivity index (χ1v) is 6.31. The van der Waals surface area contributed by atoms with Crippen LogP contribution in [0.3, 0.4) is 0 Å². The van der Waals surface area contributed by atoms with Crippen molar-refractivity contribution in [3.63, 3.8) is 0 Å². The van der Waals surface area contributed by atoms with Gasteiger partial charge in [0.05, 0.1) is 0 Å². The fourth-order valence-electron chi connectivity index (χ4n) is 1.26. The van der Waals surface area contributed by atoms with Gasteiger partial charge in [0.25, 0.3) is 0 Å². The standard InChI is InChI=1S/C10H19N3OS/c1-2-9-12-10(15-13-9)11-7-5-3-4-6-8-14/h14H,2-8H2,1H3,(H,11,12,13). The smallest absolute Gasteiger partial charge is 0.202 e. The van der Waals surface area contributed by atoms with Gasteiger partial charge >= 0.3 is 0 Å². The Labute approximate surface area is 94.9 Å². The van der Waals surface area contributed by atoms with Crippen molar-refractivity contribution in [2.45, 2.75) is 39.0 Å². The minimum atomic E-state index is 0.309. The molecule has 0 amide bonds. The molecule has 0 unspecified atom stereocenters. The second-order valence-corrected chi connectivity index (χ2v) is 4.19. The Morgan fingerprint density at radius 1 is 1.27 bits per heavy atom. The Bertz CT molecular complexity index is 265. The van der Waals surface area contributed by atoms with Crippen molar-refractivity contribution in [1.29, 1.82) is 0 Å². The van der Waals surface area contributed by atoms with E-state index in [1.165, 1.54) is 11.5 Å². The van der Waals surface area contributed by atoms with E-state index in [0.29, 0.717) is 6.61 Å². The van der Waals surface area contributed by atoms with Gasteiger partial charge in [-0.25, -0.2) is 4.98 Å². The molecule has 15 heavy (non-hydrogen) atoms. The molecule has 2 N–H and O–H groups in total. The molecule has 0 radical (unpaired) electrons. The zero-order valence-electron chi connectivity index (χ0n) is 9.20. The van der Waals surface area contributed by atoms with Crippen LogP contribution in [0.5, 0.6) is 0 Å². The van der Waals surface area contributed by atoms with Gasteiger partial charge in [-0.2, -0.15) is 4.37 Å². The molecule has 0 saturated carbocycles. The van der Waals surface area contributed by atoms with E-state index in [4.69, 9.17) is 5.11 Å². The minimum absolute atomic E-state index is 0.309. The first-order chi connectivity index (χ1) is 7.36. The van der Waals surface area contributed by atoms with Crippen molar-refractivity contribution in [2.75, 3.05) is 18.5 Å². The van der Waals surface area contributed by atoms with E-state index in [0.717, 1.165) is 49.6 Å². The fourth-order valence-corrected chi connectivity index (χ4v) is 1.93. The van der Waals surface area contributed by atoms with E-state index < -0.39 is 0 Å². The van der Waals surface area contributed by atoms with E-state index in [1.807, 2.05) is 0 Å². The maximum absolute atomic E-state index is 8.60. The molecule has 1 rings (SSSR count). The summed E-state index contributed by atoms with van der Waals surface area (Å²) in [5.74, 6) is 0.919. The molecule has 0 aliphatic rings. The van der Waals surface area contributed by atoms with Gasteiger partial charge in [0, 0.05) is 31.1 Å². The lowest BCUT2D eigenvalue weighted by molar-refractivity contribution is 0.283. The predicted molar refractivity (Wildman–Crippen MR) is 63.3 cm³/mol. The molecule has 1 aromatic rings. The van der Waals surface area contributed by atoms with Crippen LogP contribution in [0.4, 0.5) is 5.13 Å². The molecule has 1 aromatic heterocycles. The summed E-state index contributed by atoms with van der Waals surface area (Å²) < 4.78 is 4.20. The molecule has 0 aliphatic heterocycles. The van der Waals surface area contributed by atoms with Crippen molar-refractivity contribution in [3.05, 3.63) is 5.82 Å². The Balaban J connectivity index is 2.04. The summed E-state index contributed by atoms with van der Waals surface area (Å²) in [4.78, 5) is 4.32. The van der Waals surface area contributed by atoms with Crippen LogP contribution in [0.25, 0.3) is 0 Å². The van der Waals surface area contributed by atoms with E-state index in [9.17, 15) is 0 Å². The first-order valence-electron chi connectivity index (χ1n) is 5.54. The fraction of sp³-hybridized carbons (Fsp3) is 0.800. The number of aliphatic hydroxyl groups is 1. The number of aromatic nitrogens is 2. The van der Waals surface area contributed by atoms with Crippen molar-refractivity contribution in [1.82, 2.24) is 9.36 Å². The molecule has 1 heterocycles. The number of hydrogen-bond donors (Lipinski definition) is 2. The summed E-state index contributed by atoms with van der Waals surface area (Å²) in [7, 11) is 0. The summed E-state index contributed by atoms with van der Waals surface area (Å²) in [5.41, 5.74) is 0. The van der Waals surface area contributed by atoms with Crippen molar-refractivity contribution in [3.8, 4) is 0 Å². The van der Waals surface area contributed by atoms with Crippen LogP contribution in [0.2, 0.25) is 0 Å². The first kappa shape index (κ1) is 12.4. The number of aliphatic hydroxyl groups excluding tert-OH is 1. The van der Waals surface area contributed by atoms with Gasteiger partial charge in [0.2, 0.25) is 5.13 Å². The van der Waals surface area contributed by atoms with Crippen LogP contribution in [0.1, 0.15) is 38.4 Å². The third kappa shape index (κ3) is 5.09. The molecular weight excluding hydrogens is 210 g/mol. The molecule has 86 valence electrons. The maximum Gasteiger partial charge on any atom is 0.202 e. The van der Waals surface area contributed by atoms with Crippen molar-refractivity contribution < 1.29 is 5.11 Å². The number of aryl methyl sites for hydroxylation is 1. The SMILES string of the molecule is CCc1nsc(NCCCCCCO)n1. The van der Waals surface area contributed by atoms with E-state index in [-0.39, 0.29) is 0 Å². The van der Waals surface area contributed by atoms with Gasteiger partial charge in [-0.05, 0) is 12.8 Å². The van der Waals surface area contributed by atoms with Gasteiger partial charge in [-0.3, -0.25) is 0 Å². The lowest BCUT2D eigenvalue weighted by Crippen LogP contribution is -2.01. The number of rotatable bonds is 8. The highest BCUT2D eigenvalue weighted by Crippen LogP contribution is 2.11. The molecule has 0 aliphatic carbocycles. The molecule has 0 aromatic carbocycles. The zero-order chi connectivity index (χ0) is 10.9. The average Bonchev–Trinajstić information content (AvgIpc) is 2.71. The Hall–Kier alpha value is -0.680. The van der Waals surface area contributed by atoms with Crippen LogP contribution in [0.15, 0.2) is 0 Å². The van der Waals surface area contributed by atoms with Crippen molar-refractivity contribution in [2.24, 2.45) is 0 Å². The molecule has 0 fully saturated rings. The highest BCUT2D eigenvalue weighted by molar-refractivity contribution is 7.09. The lowest BCUT2D eigenvalue weighted by Gasteiger charge is -2.01. The van der Waals surface area contributed by atoms with Gasteiger partial charge in [0.1, 0.15) is 5.82 Å². The largest absolute Gasteiger partial charge is 0.396 e. The number of unbranched alkanes of at least 4 members (excludes halogenated alkanes) is 3. The highest BCUT2D eigenvalue weighted by Gasteiger charge is 2.00. The summed E-state index contributed by atoms with van der Waals surface area (Å²) in [6.07, 6.45) is 5.20. The molecular formula is C10H19N3OS. The topological polar surface area (TPSA) is 58.0 Å². The molecule has 0 bridgehead atoms. The molecule has 5 heteroatoms. The average molecular weight is 229 g/mol. The third-order valence-electron chi connectivity index (χ3n) is 2.15. The Morgan fingerprint density at radius 2 is 2.07 bits per heavy atom. The molecule has 0 atom stereocenters. The molecule has 4 nitrogen and oxygen atoms in total. The molecule has 0 saturated heterocycles. The summed E-state index contributed by atoms with van der Waals surface area (Å²) in [5, 5.41) is 12.8. The van der Waals surface area contributed by atoms with Crippen LogP contribution in [-0.4, -0.2) is 27.6 Å². The maximum atomic E-state index is 8.60. The lowest BCUT2D eigenvalue weighted by atomic mass is 10.2. The van der Waals surface area contributed by atoms with Gasteiger partial charge < -0.3 is 10.4 Å². The minimum Gasteiger partial charge on any atom is -0.396 e. The zero-order valence-corrected chi connectivity index (χ0v) is 10.0. The second kappa shape index (κ2) is 7.59. The Kier molecular flexibility index (Phi) is 6.27. The molecule has 0 spiro atoms. The monoisotopic (exact) mass is 229 g/mol. The number of nitrogens with zero attached hydrogens (tertiary/aromatic N) is 2. The van der Waals surface area contributed by atoms with Gasteiger partial charge in [-0.1, -0.05) is 19.8 Å². The predicted octanol–water partition coefficient (Wildman–Crippen LogP) is 2.07. The van der Waals surface area contributed by atoms with Gasteiger partial charge in [-0.15, -0.1) is 0 Å². The normalized spacial score (nSPS) is 10.5. The summed E-state index contributed by atoms with van der Waals surface area (Å²) in [6.45, 7) is 3.31. The summed E-state index contributed by atoms with van der Waals surface area (Å²) in [6, 6.07) is 0. The highest BCUT2D eigenvalue weighted by atomic mass is 32.1. The summed E-state index contributed by atoms with van der Waals surface area (Å²) >= 11 is 1.43. The van der Waals surface area contributed by atoms with E-state index in [1.54, 1.807) is 0 Å². The Morgan fingerprint density at radius 3 is 2.73 bits per heavy atom. The van der Waals surface area contributed by atoms with E-state index in [2.05, 4.69) is 21.6 Å². The quantitative estimate of drug-likeness (QED) is 0.670. The van der Waals surface area contributed by atoms with Crippen LogP contribution < -0.4 is 5.32 Å². The van der Waals surface area contributed by atoms with E-state index >= 15 is 0 Å². The van der Waals surface area contributed by atoms with Gasteiger partial charge in [0.15, 0.2) is 0 Å². The number of hydrogen-bond acceptors (Lipinski definition) is 5. The number of nitrogens with one attached hydrogen (secondary N) is 1. The van der Waals surface area contributed by atoms with Crippen LogP contribution in [0, 0.1) is 0 Å². The second-order valence-electron chi connectivity index (χ2n) is 3.43. The van der Waals surface area contributed by atoms with Crippen LogP contribution in [-0.2, 0) is 6.42 Å². The van der Waals surface area contributed by atoms with Crippen molar-refractivity contribution >= 4 is 16.7 Å². The number of anilines is 1. The third-order valence-corrected chi connectivity index (χ3v) is 2.86. The van der Waals surface area contributed by atoms with Crippen LogP contribution >= 0.6 is 11.5 Å².